The van der Waals surface area contributed by atoms with Crippen LogP contribution in [0.2, 0.25) is 0 Å². The molecule has 2 rings (SSSR count). The molecule has 1 aliphatic heterocycles. The number of anilines is 1. The Labute approximate surface area is 113 Å². The summed E-state index contributed by atoms with van der Waals surface area (Å²) in [6, 6.07) is 3.64. The summed E-state index contributed by atoms with van der Waals surface area (Å²) in [5, 5.41) is 0. The molecule has 0 atom stereocenters. The maximum absolute atomic E-state index is 5.91. The lowest BCUT2D eigenvalue weighted by molar-refractivity contribution is -0.226. The minimum absolute atomic E-state index is 0.0402. The van der Waals surface area contributed by atoms with Crippen LogP contribution in [-0.2, 0) is 9.47 Å². The standard InChI is InChI=1S/C14H21NO4/c1-14(2)7-18-13(19-8-14)9-5-10(16-3)12(15)11(6-9)17-4/h5-6,13H,7-8,15H2,1-4H3. The van der Waals surface area contributed by atoms with Crippen LogP contribution in [0.1, 0.15) is 25.7 Å². The number of hydrogen-bond acceptors (Lipinski definition) is 5. The van der Waals surface area contributed by atoms with Crippen molar-refractivity contribution in [3.05, 3.63) is 17.7 Å². The van der Waals surface area contributed by atoms with E-state index in [0.29, 0.717) is 30.4 Å². The molecule has 0 spiro atoms. The zero-order chi connectivity index (χ0) is 14.0. The molecule has 1 aromatic rings. The number of methoxy groups -OCH3 is 2. The average molecular weight is 267 g/mol. The summed E-state index contributed by atoms with van der Waals surface area (Å²) in [5.41, 5.74) is 7.28. The highest BCUT2D eigenvalue weighted by molar-refractivity contribution is 5.64. The molecule has 106 valence electrons. The molecule has 2 N–H and O–H groups in total. The monoisotopic (exact) mass is 267 g/mol. The van der Waals surface area contributed by atoms with Gasteiger partial charge in [-0.3, -0.25) is 0 Å². The van der Waals surface area contributed by atoms with Crippen LogP contribution in [0.3, 0.4) is 0 Å². The first-order valence-corrected chi connectivity index (χ1v) is 6.21. The summed E-state index contributed by atoms with van der Waals surface area (Å²) in [5.74, 6) is 1.12. The number of hydrogen-bond donors (Lipinski definition) is 1. The third-order valence-electron chi connectivity index (χ3n) is 3.09. The van der Waals surface area contributed by atoms with E-state index in [1.165, 1.54) is 0 Å². The molecule has 1 heterocycles. The van der Waals surface area contributed by atoms with Crippen molar-refractivity contribution < 1.29 is 18.9 Å². The van der Waals surface area contributed by atoms with Gasteiger partial charge in [-0.1, -0.05) is 13.8 Å². The third kappa shape index (κ3) is 2.93. The second kappa shape index (κ2) is 5.27. The molecular formula is C14H21NO4. The summed E-state index contributed by atoms with van der Waals surface area (Å²) >= 11 is 0. The summed E-state index contributed by atoms with van der Waals surface area (Å²) < 4.78 is 22.0. The minimum Gasteiger partial charge on any atom is -0.494 e. The van der Waals surface area contributed by atoms with Crippen molar-refractivity contribution in [2.75, 3.05) is 33.2 Å². The van der Waals surface area contributed by atoms with Gasteiger partial charge in [-0.2, -0.15) is 0 Å². The molecule has 0 saturated carbocycles. The fourth-order valence-corrected chi connectivity index (χ4v) is 1.98. The van der Waals surface area contributed by atoms with Gasteiger partial charge in [0.15, 0.2) is 6.29 Å². The van der Waals surface area contributed by atoms with Crippen molar-refractivity contribution in [1.29, 1.82) is 0 Å². The van der Waals surface area contributed by atoms with E-state index in [9.17, 15) is 0 Å². The Bertz CT molecular complexity index is 424. The highest BCUT2D eigenvalue weighted by atomic mass is 16.7. The van der Waals surface area contributed by atoms with Gasteiger partial charge in [0, 0.05) is 11.0 Å². The van der Waals surface area contributed by atoms with E-state index < -0.39 is 6.29 Å². The van der Waals surface area contributed by atoms with Crippen molar-refractivity contribution in [3.8, 4) is 11.5 Å². The van der Waals surface area contributed by atoms with Crippen molar-refractivity contribution >= 4 is 5.69 Å². The van der Waals surface area contributed by atoms with E-state index in [4.69, 9.17) is 24.7 Å². The quantitative estimate of drug-likeness (QED) is 0.852. The molecule has 1 aliphatic rings. The average Bonchev–Trinajstić information content (AvgIpc) is 2.39. The van der Waals surface area contributed by atoms with E-state index in [1.807, 2.05) is 12.1 Å². The Morgan fingerprint density at radius 3 is 2.00 bits per heavy atom. The van der Waals surface area contributed by atoms with Crippen LogP contribution in [0.15, 0.2) is 12.1 Å². The largest absolute Gasteiger partial charge is 0.494 e. The maximum Gasteiger partial charge on any atom is 0.184 e. The fraction of sp³-hybridized carbons (Fsp3) is 0.571. The van der Waals surface area contributed by atoms with Crippen LogP contribution in [-0.4, -0.2) is 27.4 Å². The molecule has 0 unspecified atom stereocenters. The van der Waals surface area contributed by atoms with E-state index in [1.54, 1.807) is 14.2 Å². The van der Waals surface area contributed by atoms with Gasteiger partial charge < -0.3 is 24.7 Å². The molecular weight excluding hydrogens is 246 g/mol. The first kappa shape index (κ1) is 14.0. The topological polar surface area (TPSA) is 62.9 Å². The molecule has 0 amide bonds. The minimum atomic E-state index is -0.406. The van der Waals surface area contributed by atoms with Crippen molar-refractivity contribution in [2.45, 2.75) is 20.1 Å². The number of benzene rings is 1. The lowest BCUT2D eigenvalue weighted by Crippen LogP contribution is -2.33. The molecule has 1 saturated heterocycles. The molecule has 5 heteroatoms. The van der Waals surface area contributed by atoms with E-state index in [2.05, 4.69) is 13.8 Å². The molecule has 0 bridgehead atoms. The maximum atomic E-state index is 5.91. The second-order valence-corrected chi connectivity index (χ2v) is 5.46. The van der Waals surface area contributed by atoms with Crippen LogP contribution in [0.4, 0.5) is 5.69 Å². The summed E-state index contributed by atoms with van der Waals surface area (Å²) in [4.78, 5) is 0. The van der Waals surface area contributed by atoms with Crippen molar-refractivity contribution in [2.24, 2.45) is 5.41 Å². The van der Waals surface area contributed by atoms with E-state index >= 15 is 0 Å². The lowest BCUT2D eigenvalue weighted by Gasteiger charge is -2.34. The van der Waals surface area contributed by atoms with Gasteiger partial charge in [-0.15, -0.1) is 0 Å². The van der Waals surface area contributed by atoms with Crippen molar-refractivity contribution in [3.63, 3.8) is 0 Å². The van der Waals surface area contributed by atoms with Crippen LogP contribution in [0, 0.1) is 5.41 Å². The zero-order valence-corrected chi connectivity index (χ0v) is 11.9. The van der Waals surface area contributed by atoms with Gasteiger partial charge in [-0.25, -0.2) is 0 Å². The normalized spacial score (nSPS) is 19.2. The van der Waals surface area contributed by atoms with Crippen LogP contribution < -0.4 is 15.2 Å². The van der Waals surface area contributed by atoms with Gasteiger partial charge in [0.2, 0.25) is 0 Å². The number of nitrogens with two attached hydrogens (primary N) is 1. The Kier molecular flexibility index (Phi) is 3.87. The third-order valence-corrected chi connectivity index (χ3v) is 3.09. The first-order valence-electron chi connectivity index (χ1n) is 6.21. The van der Waals surface area contributed by atoms with E-state index in [0.717, 1.165) is 5.56 Å². The predicted octanol–water partition coefficient (Wildman–Crippen LogP) is 2.36. The lowest BCUT2D eigenvalue weighted by atomic mass is 9.95. The highest BCUT2D eigenvalue weighted by Crippen LogP contribution is 2.38. The Morgan fingerprint density at radius 1 is 1.11 bits per heavy atom. The Hall–Kier alpha value is -1.46. The fourth-order valence-electron chi connectivity index (χ4n) is 1.98. The van der Waals surface area contributed by atoms with Crippen molar-refractivity contribution in [1.82, 2.24) is 0 Å². The van der Waals surface area contributed by atoms with Gasteiger partial charge in [0.25, 0.3) is 0 Å². The molecule has 0 radical (unpaired) electrons. The molecule has 1 aromatic carbocycles. The highest BCUT2D eigenvalue weighted by Gasteiger charge is 2.30. The molecule has 0 aliphatic carbocycles. The molecule has 5 nitrogen and oxygen atoms in total. The summed E-state index contributed by atoms with van der Waals surface area (Å²) in [6.45, 7) is 5.50. The van der Waals surface area contributed by atoms with Gasteiger partial charge in [0.1, 0.15) is 17.2 Å². The SMILES string of the molecule is COc1cc(C2OCC(C)(C)CO2)cc(OC)c1N. The van der Waals surface area contributed by atoms with Gasteiger partial charge in [-0.05, 0) is 12.1 Å². The summed E-state index contributed by atoms with van der Waals surface area (Å²) in [7, 11) is 3.14. The Morgan fingerprint density at radius 2 is 1.58 bits per heavy atom. The van der Waals surface area contributed by atoms with Crippen LogP contribution in [0.5, 0.6) is 11.5 Å². The Balaban J connectivity index is 2.25. The first-order chi connectivity index (χ1) is 8.96. The number of nitrogen functional groups attached to an aromatic ring is 1. The predicted molar refractivity (Wildman–Crippen MR) is 72.4 cm³/mol. The van der Waals surface area contributed by atoms with E-state index in [-0.39, 0.29) is 5.41 Å². The smallest absolute Gasteiger partial charge is 0.184 e. The van der Waals surface area contributed by atoms with Crippen LogP contribution >= 0.6 is 0 Å². The van der Waals surface area contributed by atoms with Crippen LogP contribution in [0.25, 0.3) is 0 Å². The number of rotatable bonds is 3. The second-order valence-electron chi connectivity index (χ2n) is 5.46. The molecule has 0 aromatic heterocycles. The summed E-state index contributed by atoms with van der Waals surface area (Å²) in [6.07, 6.45) is -0.406. The van der Waals surface area contributed by atoms with Gasteiger partial charge in [0.05, 0.1) is 27.4 Å². The number of ether oxygens (including phenoxy) is 4. The zero-order valence-electron chi connectivity index (χ0n) is 11.9. The van der Waals surface area contributed by atoms with Gasteiger partial charge >= 0.3 is 0 Å². The molecule has 19 heavy (non-hydrogen) atoms. The molecule has 1 fully saturated rings.